The van der Waals surface area contributed by atoms with E-state index >= 15 is 0 Å². The molecule has 0 aliphatic heterocycles. The van der Waals surface area contributed by atoms with Gasteiger partial charge in [-0.25, -0.2) is 0 Å². The molecule has 0 bridgehead atoms. The summed E-state index contributed by atoms with van der Waals surface area (Å²) >= 11 is 0. The number of aryl methyl sites for hydroxylation is 1. The Morgan fingerprint density at radius 1 is 1.44 bits per heavy atom. The van der Waals surface area contributed by atoms with Crippen LogP contribution in [0.4, 0.5) is 0 Å². The van der Waals surface area contributed by atoms with Crippen LogP contribution < -0.4 is 11.1 Å². The highest BCUT2D eigenvalue weighted by atomic mass is 16.5. The van der Waals surface area contributed by atoms with Crippen molar-refractivity contribution < 1.29 is 9.32 Å². The number of amides is 1. The number of benzene rings is 1. The number of hydrogen-bond acceptors (Lipinski definition) is 5. The van der Waals surface area contributed by atoms with Gasteiger partial charge in [-0.3, -0.25) is 4.79 Å². The van der Waals surface area contributed by atoms with E-state index in [0.717, 1.165) is 11.1 Å². The van der Waals surface area contributed by atoms with Gasteiger partial charge in [0.25, 0.3) is 0 Å². The normalized spacial score (nSPS) is 10.5. The molecule has 0 fully saturated rings. The van der Waals surface area contributed by atoms with Crippen molar-refractivity contribution in [1.82, 2.24) is 15.5 Å². The molecule has 0 atom stereocenters. The molecule has 0 spiro atoms. The van der Waals surface area contributed by atoms with E-state index in [1.165, 1.54) is 6.39 Å². The molecule has 3 N–H and O–H groups in total. The summed E-state index contributed by atoms with van der Waals surface area (Å²) in [6.45, 7) is 3.14. The van der Waals surface area contributed by atoms with Crippen LogP contribution in [0.15, 0.2) is 29.1 Å². The Bertz CT molecular complexity index is 537. The SMILES string of the molecule is Cc1cc(C(N)=O)ccc1CNCc1ncon1. The fourth-order valence-corrected chi connectivity index (χ4v) is 1.63. The van der Waals surface area contributed by atoms with Gasteiger partial charge in [-0.1, -0.05) is 11.2 Å². The van der Waals surface area contributed by atoms with Gasteiger partial charge >= 0.3 is 0 Å². The first-order chi connectivity index (χ1) is 8.66. The first kappa shape index (κ1) is 12.3. The topological polar surface area (TPSA) is 94.0 Å². The molecule has 0 saturated heterocycles. The average Bonchev–Trinajstić information content (AvgIpc) is 2.84. The summed E-state index contributed by atoms with van der Waals surface area (Å²) in [7, 11) is 0. The van der Waals surface area contributed by atoms with Crippen LogP contribution in [0.2, 0.25) is 0 Å². The van der Waals surface area contributed by atoms with Gasteiger partial charge in [-0.2, -0.15) is 4.98 Å². The summed E-state index contributed by atoms with van der Waals surface area (Å²) in [4.78, 5) is 14.9. The molecule has 1 heterocycles. The van der Waals surface area contributed by atoms with Crippen LogP contribution in [-0.2, 0) is 13.1 Å². The third kappa shape index (κ3) is 2.92. The van der Waals surface area contributed by atoms with Crippen molar-refractivity contribution in [3.05, 3.63) is 47.1 Å². The smallest absolute Gasteiger partial charge is 0.248 e. The largest absolute Gasteiger partial charge is 0.366 e. The van der Waals surface area contributed by atoms with E-state index in [1.807, 2.05) is 13.0 Å². The molecular weight excluding hydrogens is 232 g/mol. The quantitative estimate of drug-likeness (QED) is 0.812. The highest BCUT2D eigenvalue weighted by Gasteiger charge is 2.04. The van der Waals surface area contributed by atoms with Crippen LogP contribution in [0.3, 0.4) is 0 Å². The van der Waals surface area contributed by atoms with E-state index in [1.54, 1.807) is 12.1 Å². The van der Waals surface area contributed by atoms with Gasteiger partial charge in [-0.15, -0.1) is 0 Å². The monoisotopic (exact) mass is 246 g/mol. The van der Waals surface area contributed by atoms with Crippen molar-refractivity contribution >= 4 is 5.91 Å². The van der Waals surface area contributed by atoms with Crippen molar-refractivity contribution in [1.29, 1.82) is 0 Å². The fraction of sp³-hybridized carbons (Fsp3) is 0.250. The minimum atomic E-state index is -0.413. The summed E-state index contributed by atoms with van der Waals surface area (Å²) in [5, 5.41) is 6.89. The van der Waals surface area contributed by atoms with Gasteiger partial charge in [0.2, 0.25) is 12.3 Å². The second-order valence-electron chi connectivity index (χ2n) is 3.96. The Hall–Kier alpha value is -2.21. The van der Waals surface area contributed by atoms with Gasteiger partial charge in [0, 0.05) is 12.1 Å². The molecule has 0 aliphatic rings. The Balaban J connectivity index is 1.95. The van der Waals surface area contributed by atoms with Gasteiger partial charge in [-0.05, 0) is 30.2 Å². The average molecular weight is 246 g/mol. The van der Waals surface area contributed by atoms with Crippen molar-refractivity contribution in [3.63, 3.8) is 0 Å². The molecule has 0 aliphatic carbocycles. The van der Waals surface area contributed by atoms with Gasteiger partial charge in [0.05, 0.1) is 6.54 Å². The van der Waals surface area contributed by atoms with Gasteiger partial charge in [0.15, 0.2) is 5.82 Å². The number of primary amides is 1. The molecule has 1 aromatic carbocycles. The highest BCUT2D eigenvalue weighted by molar-refractivity contribution is 5.93. The number of aromatic nitrogens is 2. The molecule has 1 amide bonds. The second-order valence-corrected chi connectivity index (χ2v) is 3.96. The van der Waals surface area contributed by atoms with Crippen LogP contribution in [-0.4, -0.2) is 16.0 Å². The van der Waals surface area contributed by atoms with E-state index in [-0.39, 0.29) is 0 Å². The number of nitrogens with two attached hydrogens (primary N) is 1. The lowest BCUT2D eigenvalue weighted by molar-refractivity contribution is 0.1000. The lowest BCUT2D eigenvalue weighted by atomic mass is 10.0. The van der Waals surface area contributed by atoms with E-state index in [9.17, 15) is 4.79 Å². The van der Waals surface area contributed by atoms with Crippen molar-refractivity contribution in [2.24, 2.45) is 5.73 Å². The first-order valence-corrected chi connectivity index (χ1v) is 5.52. The van der Waals surface area contributed by atoms with Crippen LogP contribution in [0.1, 0.15) is 27.3 Å². The summed E-state index contributed by atoms with van der Waals surface area (Å²) in [5.74, 6) is 0.200. The van der Waals surface area contributed by atoms with Crippen LogP contribution in [0, 0.1) is 6.92 Å². The fourth-order valence-electron chi connectivity index (χ4n) is 1.63. The minimum absolute atomic E-state index is 0.413. The first-order valence-electron chi connectivity index (χ1n) is 5.52. The number of rotatable bonds is 5. The molecule has 0 radical (unpaired) electrons. The molecule has 6 heteroatoms. The van der Waals surface area contributed by atoms with Crippen LogP contribution in [0.5, 0.6) is 0 Å². The third-order valence-electron chi connectivity index (χ3n) is 2.63. The predicted molar refractivity (Wildman–Crippen MR) is 64.5 cm³/mol. The summed E-state index contributed by atoms with van der Waals surface area (Å²) < 4.78 is 4.63. The third-order valence-corrected chi connectivity index (χ3v) is 2.63. The van der Waals surface area contributed by atoms with Crippen molar-refractivity contribution in [2.75, 3.05) is 0 Å². The van der Waals surface area contributed by atoms with Crippen LogP contribution in [0.25, 0.3) is 0 Å². The molecule has 2 rings (SSSR count). The maximum atomic E-state index is 11.0. The molecular formula is C12H14N4O2. The number of carbonyl (C=O) groups is 1. The van der Waals surface area contributed by atoms with Crippen molar-refractivity contribution in [3.8, 4) is 0 Å². The number of nitrogens with zero attached hydrogens (tertiary/aromatic N) is 2. The van der Waals surface area contributed by atoms with Gasteiger partial charge in [0.1, 0.15) is 0 Å². The summed E-state index contributed by atoms with van der Waals surface area (Å²) in [5.41, 5.74) is 7.86. The predicted octanol–water partition coefficient (Wildman–Crippen LogP) is 0.767. The number of nitrogens with one attached hydrogen (secondary N) is 1. The Labute approximate surface area is 104 Å². The summed E-state index contributed by atoms with van der Waals surface area (Å²) in [6, 6.07) is 5.40. The van der Waals surface area contributed by atoms with E-state index in [0.29, 0.717) is 24.5 Å². The zero-order valence-electron chi connectivity index (χ0n) is 10.0. The molecule has 0 saturated carbocycles. The standard InChI is InChI=1S/C12H14N4O2/c1-8-4-9(12(13)17)2-3-10(8)5-14-6-11-15-7-18-16-11/h2-4,7,14H,5-6H2,1H3,(H2,13,17). The lowest BCUT2D eigenvalue weighted by Gasteiger charge is -2.07. The Kier molecular flexibility index (Phi) is 3.69. The van der Waals surface area contributed by atoms with E-state index in [2.05, 4.69) is 20.0 Å². The molecule has 2 aromatic rings. The zero-order valence-corrected chi connectivity index (χ0v) is 10.0. The van der Waals surface area contributed by atoms with Crippen LogP contribution >= 0.6 is 0 Å². The van der Waals surface area contributed by atoms with Crippen molar-refractivity contribution in [2.45, 2.75) is 20.0 Å². The molecule has 18 heavy (non-hydrogen) atoms. The molecule has 6 nitrogen and oxygen atoms in total. The minimum Gasteiger partial charge on any atom is -0.366 e. The highest BCUT2D eigenvalue weighted by Crippen LogP contribution is 2.10. The Morgan fingerprint density at radius 2 is 2.28 bits per heavy atom. The second kappa shape index (κ2) is 5.42. The number of carbonyl (C=O) groups excluding carboxylic acids is 1. The molecule has 1 aromatic heterocycles. The van der Waals surface area contributed by atoms with E-state index < -0.39 is 5.91 Å². The maximum absolute atomic E-state index is 11.0. The lowest BCUT2D eigenvalue weighted by Crippen LogP contribution is -2.15. The van der Waals surface area contributed by atoms with Gasteiger partial charge < -0.3 is 15.6 Å². The summed E-state index contributed by atoms with van der Waals surface area (Å²) in [6.07, 6.45) is 1.30. The maximum Gasteiger partial charge on any atom is 0.248 e. The molecule has 0 unspecified atom stereocenters. The van der Waals surface area contributed by atoms with E-state index in [4.69, 9.17) is 5.73 Å². The zero-order chi connectivity index (χ0) is 13.0. The Morgan fingerprint density at radius 3 is 2.89 bits per heavy atom. The molecule has 94 valence electrons. The number of hydrogen-bond donors (Lipinski definition) is 2.